The molecule has 1 aromatic rings. The summed E-state index contributed by atoms with van der Waals surface area (Å²) in [5.41, 5.74) is 0. The highest BCUT2D eigenvalue weighted by atomic mass is 32.1. The van der Waals surface area contributed by atoms with Gasteiger partial charge < -0.3 is 15.0 Å². The highest BCUT2D eigenvalue weighted by molar-refractivity contribution is 7.15. The van der Waals surface area contributed by atoms with Gasteiger partial charge in [-0.2, -0.15) is 0 Å². The van der Waals surface area contributed by atoms with Gasteiger partial charge in [-0.1, -0.05) is 11.3 Å². The van der Waals surface area contributed by atoms with Crippen molar-refractivity contribution < 1.29 is 9.53 Å². The molecule has 7 heteroatoms. The maximum Gasteiger partial charge on any atom is 0.223 e. The van der Waals surface area contributed by atoms with Gasteiger partial charge in [0.25, 0.3) is 0 Å². The van der Waals surface area contributed by atoms with Crippen LogP contribution in [0, 0.1) is 5.92 Å². The molecule has 2 aliphatic heterocycles. The molecule has 6 nitrogen and oxygen atoms in total. The average Bonchev–Trinajstić information content (AvgIpc) is 3.33. The number of hydrogen-bond acceptors (Lipinski definition) is 6. The van der Waals surface area contributed by atoms with Gasteiger partial charge in [-0.15, -0.1) is 10.2 Å². The molecule has 1 aliphatic carbocycles. The van der Waals surface area contributed by atoms with Crippen LogP contribution >= 0.6 is 11.3 Å². The highest BCUT2D eigenvalue weighted by Gasteiger charge is 2.31. The minimum atomic E-state index is 0.143. The van der Waals surface area contributed by atoms with E-state index in [-0.39, 0.29) is 11.8 Å². The first kappa shape index (κ1) is 15.3. The maximum absolute atomic E-state index is 12.4. The number of piperidine rings is 1. The van der Waals surface area contributed by atoms with Crippen molar-refractivity contribution in [1.82, 2.24) is 15.5 Å². The SMILES string of the molecule is O=C(NC1CCOCC1)C1CCN(c2nnc(C3CC3)s2)CC1. The van der Waals surface area contributed by atoms with Crippen molar-refractivity contribution in [3.8, 4) is 0 Å². The number of nitrogens with one attached hydrogen (secondary N) is 1. The third-order valence-corrected chi connectivity index (χ3v) is 6.21. The Kier molecular flexibility index (Phi) is 4.48. The Morgan fingerprint density at radius 3 is 2.52 bits per heavy atom. The minimum Gasteiger partial charge on any atom is -0.381 e. The monoisotopic (exact) mass is 336 g/mol. The second-order valence-electron chi connectivity index (χ2n) is 6.85. The number of anilines is 1. The Morgan fingerprint density at radius 1 is 1.09 bits per heavy atom. The summed E-state index contributed by atoms with van der Waals surface area (Å²) in [4.78, 5) is 14.7. The molecular weight excluding hydrogens is 312 g/mol. The Morgan fingerprint density at radius 2 is 1.83 bits per heavy atom. The fraction of sp³-hybridized carbons (Fsp3) is 0.812. The normalized spacial score (nSPS) is 23.9. The summed E-state index contributed by atoms with van der Waals surface area (Å²) in [7, 11) is 0. The summed E-state index contributed by atoms with van der Waals surface area (Å²) < 4.78 is 5.34. The molecule has 3 aliphatic rings. The van der Waals surface area contributed by atoms with Crippen LogP contribution in [0.15, 0.2) is 0 Å². The first-order chi connectivity index (χ1) is 11.3. The number of ether oxygens (including phenoxy) is 1. The van der Waals surface area contributed by atoms with Gasteiger partial charge in [-0.05, 0) is 38.5 Å². The van der Waals surface area contributed by atoms with Crippen molar-refractivity contribution in [3.05, 3.63) is 5.01 Å². The van der Waals surface area contributed by atoms with Gasteiger partial charge in [0.2, 0.25) is 11.0 Å². The zero-order valence-corrected chi connectivity index (χ0v) is 14.2. The van der Waals surface area contributed by atoms with E-state index in [0.717, 1.165) is 57.1 Å². The predicted molar refractivity (Wildman–Crippen MR) is 88.8 cm³/mol. The molecular formula is C16H24N4O2S. The molecule has 1 aromatic heterocycles. The quantitative estimate of drug-likeness (QED) is 0.910. The smallest absolute Gasteiger partial charge is 0.223 e. The third-order valence-electron chi connectivity index (χ3n) is 5.06. The van der Waals surface area contributed by atoms with Crippen molar-refractivity contribution in [2.75, 3.05) is 31.2 Å². The van der Waals surface area contributed by atoms with E-state index in [1.807, 2.05) is 0 Å². The van der Waals surface area contributed by atoms with Crippen LogP contribution in [0.3, 0.4) is 0 Å². The first-order valence-electron chi connectivity index (χ1n) is 8.76. The summed E-state index contributed by atoms with van der Waals surface area (Å²) in [5.74, 6) is 1.04. The molecule has 0 aromatic carbocycles. The van der Waals surface area contributed by atoms with E-state index in [2.05, 4.69) is 20.4 Å². The third kappa shape index (κ3) is 3.66. The summed E-state index contributed by atoms with van der Waals surface area (Å²) >= 11 is 1.74. The van der Waals surface area contributed by atoms with Crippen molar-refractivity contribution in [2.24, 2.45) is 5.92 Å². The van der Waals surface area contributed by atoms with Gasteiger partial charge in [0.15, 0.2) is 0 Å². The van der Waals surface area contributed by atoms with Crippen LogP contribution in [0.2, 0.25) is 0 Å². The second-order valence-corrected chi connectivity index (χ2v) is 7.84. The van der Waals surface area contributed by atoms with Crippen LogP contribution in [-0.4, -0.2) is 48.4 Å². The fourth-order valence-corrected chi connectivity index (χ4v) is 4.41. The van der Waals surface area contributed by atoms with Crippen molar-refractivity contribution >= 4 is 22.4 Å². The Hall–Kier alpha value is -1.21. The number of carbonyl (C=O) groups excluding carboxylic acids is 1. The minimum absolute atomic E-state index is 0.143. The lowest BCUT2D eigenvalue weighted by atomic mass is 9.95. The molecule has 3 fully saturated rings. The molecule has 0 spiro atoms. The Balaban J connectivity index is 1.27. The number of rotatable bonds is 4. The van der Waals surface area contributed by atoms with Gasteiger partial charge in [-0.3, -0.25) is 4.79 Å². The Bertz CT molecular complexity index is 546. The van der Waals surface area contributed by atoms with E-state index < -0.39 is 0 Å². The zero-order valence-electron chi connectivity index (χ0n) is 13.4. The largest absolute Gasteiger partial charge is 0.381 e. The van der Waals surface area contributed by atoms with E-state index in [0.29, 0.717) is 12.0 Å². The molecule has 1 N–H and O–H groups in total. The lowest BCUT2D eigenvalue weighted by molar-refractivity contribution is -0.126. The standard InChI is InChI=1S/C16H24N4O2S/c21-14(17-13-5-9-22-10-6-13)11-3-7-20(8-4-11)16-19-18-15(23-16)12-1-2-12/h11-13H,1-10H2,(H,17,21). The van der Waals surface area contributed by atoms with E-state index >= 15 is 0 Å². The summed E-state index contributed by atoms with van der Waals surface area (Å²) in [6.45, 7) is 3.35. The predicted octanol–water partition coefficient (Wildman–Crippen LogP) is 1.93. The number of hydrogen-bond donors (Lipinski definition) is 1. The van der Waals surface area contributed by atoms with E-state index in [4.69, 9.17) is 4.74 Å². The van der Waals surface area contributed by atoms with Crippen molar-refractivity contribution in [1.29, 1.82) is 0 Å². The lowest BCUT2D eigenvalue weighted by Gasteiger charge is -2.32. The average molecular weight is 336 g/mol. The molecule has 0 bridgehead atoms. The van der Waals surface area contributed by atoms with Crippen LogP contribution in [-0.2, 0) is 9.53 Å². The number of amides is 1. The van der Waals surface area contributed by atoms with E-state index in [9.17, 15) is 4.79 Å². The lowest BCUT2D eigenvalue weighted by Crippen LogP contribution is -2.45. The van der Waals surface area contributed by atoms with E-state index in [1.165, 1.54) is 17.8 Å². The van der Waals surface area contributed by atoms with Crippen molar-refractivity contribution in [3.63, 3.8) is 0 Å². The van der Waals surface area contributed by atoms with Crippen LogP contribution in [0.1, 0.15) is 49.5 Å². The second kappa shape index (κ2) is 6.73. The van der Waals surface area contributed by atoms with Gasteiger partial charge in [0.05, 0.1) is 0 Å². The van der Waals surface area contributed by atoms with Crippen LogP contribution < -0.4 is 10.2 Å². The van der Waals surface area contributed by atoms with Crippen LogP contribution in [0.25, 0.3) is 0 Å². The topological polar surface area (TPSA) is 67.3 Å². The molecule has 23 heavy (non-hydrogen) atoms. The summed E-state index contributed by atoms with van der Waals surface area (Å²) in [5, 5.41) is 14.1. The van der Waals surface area contributed by atoms with E-state index in [1.54, 1.807) is 11.3 Å². The highest BCUT2D eigenvalue weighted by Crippen LogP contribution is 2.42. The van der Waals surface area contributed by atoms with Gasteiger partial charge in [0.1, 0.15) is 5.01 Å². The first-order valence-corrected chi connectivity index (χ1v) is 9.58. The molecule has 1 amide bonds. The van der Waals surface area contributed by atoms with Gasteiger partial charge in [0, 0.05) is 44.2 Å². The van der Waals surface area contributed by atoms with Gasteiger partial charge >= 0.3 is 0 Å². The molecule has 2 saturated heterocycles. The molecule has 1 saturated carbocycles. The number of nitrogens with zero attached hydrogens (tertiary/aromatic N) is 3. The molecule has 0 unspecified atom stereocenters. The number of carbonyl (C=O) groups is 1. The number of aromatic nitrogens is 2. The van der Waals surface area contributed by atoms with Crippen molar-refractivity contribution in [2.45, 2.75) is 50.5 Å². The summed E-state index contributed by atoms with van der Waals surface area (Å²) in [6.07, 6.45) is 6.24. The Labute approximate surface area is 140 Å². The fourth-order valence-electron chi connectivity index (χ4n) is 3.34. The maximum atomic E-state index is 12.4. The molecule has 0 radical (unpaired) electrons. The molecule has 4 rings (SSSR count). The molecule has 126 valence electrons. The molecule has 0 atom stereocenters. The van der Waals surface area contributed by atoms with Crippen LogP contribution in [0.5, 0.6) is 0 Å². The van der Waals surface area contributed by atoms with Gasteiger partial charge in [-0.25, -0.2) is 0 Å². The summed E-state index contributed by atoms with van der Waals surface area (Å²) in [6, 6.07) is 0.304. The molecule has 3 heterocycles. The zero-order chi connectivity index (χ0) is 15.6. The van der Waals surface area contributed by atoms with Crippen LogP contribution in [0.4, 0.5) is 5.13 Å².